The topological polar surface area (TPSA) is 74.1 Å². The van der Waals surface area contributed by atoms with Crippen LogP contribution >= 0.6 is 11.8 Å². The van der Waals surface area contributed by atoms with Gasteiger partial charge >= 0.3 is 0 Å². The second-order valence-corrected chi connectivity index (χ2v) is 6.10. The van der Waals surface area contributed by atoms with Crippen LogP contribution in [-0.2, 0) is 0 Å². The quantitative estimate of drug-likeness (QED) is 0.677. The highest BCUT2D eigenvalue weighted by molar-refractivity contribution is 8.14. The lowest BCUT2D eigenvalue weighted by Gasteiger charge is -2.26. The van der Waals surface area contributed by atoms with Gasteiger partial charge in [-0.05, 0) is 19.1 Å². The summed E-state index contributed by atoms with van der Waals surface area (Å²) in [6.07, 6.45) is 1.70. The molecule has 0 spiro atoms. The normalized spacial score (nSPS) is 20.1. The molecule has 0 aliphatic carbocycles. The first-order valence-electron chi connectivity index (χ1n) is 7.21. The number of imide groups is 1. The van der Waals surface area contributed by atoms with Crippen molar-refractivity contribution in [1.29, 1.82) is 0 Å². The number of nitrogens with zero attached hydrogens (tertiary/aromatic N) is 3. The highest BCUT2D eigenvalue weighted by atomic mass is 32.2. The largest absolute Gasteiger partial charge is 0.269 e. The number of carbonyl (C=O) groups is 2. The number of hydrogen-bond acceptors (Lipinski definition) is 5. The predicted molar refractivity (Wildman–Crippen MR) is 91.9 cm³/mol. The zero-order valence-electron chi connectivity index (χ0n) is 12.7. The molecule has 2 heterocycles. The van der Waals surface area contributed by atoms with Crippen LogP contribution in [0, 0.1) is 0 Å². The Morgan fingerprint density at radius 3 is 2.57 bits per heavy atom. The Bertz CT molecular complexity index is 706. The maximum atomic E-state index is 12.5. The molecule has 2 aliphatic heterocycles. The molecule has 1 unspecified atom stereocenters. The summed E-state index contributed by atoms with van der Waals surface area (Å²) in [6.45, 7) is 5.95. The lowest BCUT2D eigenvalue weighted by atomic mass is 10.1. The smallest absolute Gasteiger partial charge is 0.262 e. The van der Waals surface area contributed by atoms with Gasteiger partial charge in [-0.2, -0.15) is 5.10 Å². The van der Waals surface area contributed by atoms with E-state index in [-0.39, 0.29) is 11.8 Å². The fourth-order valence-electron chi connectivity index (χ4n) is 2.48. The number of nitrogens with one attached hydrogen (secondary N) is 1. The monoisotopic (exact) mass is 328 g/mol. The number of amides is 2. The van der Waals surface area contributed by atoms with E-state index >= 15 is 0 Å². The molecule has 0 saturated heterocycles. The van der Waals surface area contributed by atoms with E-state index in [9.17, 15) is 9.59 Å². The van der Waals surface area contributed by atoms with Crippen LogP contribution < -0.4 is 5.43 Å². The molecule has 0 fully saturated rings. The number of benzene rings is 1. The average molecular weight is 328 g/mol. The van der Waals surface area contributed by atoms with E-state index in [0.717, 1.165) is 5.71 Å². The van der Waals surface area contributed by atoms with E-state index in [1.54, 1.807) is 30.3 Å². The summed E-state index contributed by atoms with van der Waals surface area (Å²) in [5.74, 6) is 0.0474. The Hall–Kier alpha value is -2.41. The number of aliphatic imine (C=N–C) groups is 1. The van der Waals surface area contributed by atoms with Crippen molar-refractivity contribution < 1.29 is 9.59 Å². The highest BCUT2D eigenvalue weighted by Crippen LogP contribution is 2.26. The number of rotatable bonds is 4. The zero-order chi connectivity index (χ0) is 16.4. The first-order chi connectivity index (χ1) is 11.1. The third-order valence-electron chi connectivity index (χ3n) is 3.71. The third-order valence-corrected chi connectivity index (χ3v) is 4.64. The molecule has 7 heteroatoms. The number of carbonyl (C=O) groups excluding carboxylic acids is 2. The summed E-state index contributed by atoms with van der Waals surface area (Å²) in [5.41, 5.74) is 4.51. The van der Waals surface area contributed by atoms with Crippen LogP contribution in [0.5, 0.6) is 0 Å². The maximum absolute atomic E-state index is 12.5. The Morgan fingerprint density at radius 1 is 1.39 bits per heavy atom. The lowest BCUT2D eigenvalue weighted by molar-refractivity contribution is 0.0634. The molecule has 1 aromatic carbocycles. The Morgan fingerprint density at radius 2 is 2.04 bits per heavy atom. The third kappa shape index (κ3) is 2.79. The molecular weight excluding hydrogens is 312 g/mol. The number of amidine groups is 1. The van der Waals surface area contributed by atoms with Crippen molar-refractivity contribution in [1.82, 2.24) is 10.3 Å². The second kappa shape index (κ2) is 6.37. The molecule has 2 amide bonds. The minimum Gasteiger partial charge on any atom is -0.269 e. The molecule has 1 N–H and O–H groups in total. The minimum absolute atomic E-state index is 0.267. The van der Waals surface area contributed by atoms with Crippen LogP contribution in [0.15, 0.2) is 47.0 Å². The van der Waals surface area contributed by atoms with Crippen LogP contribution in [-0.4, -0.2) is 45.9 Å². The molecule has 3 rings (SSSR count). The Labute approximate surface area is 138 Å². The van der Waals surface area contributed by atoms with Gasteiger partial charge < -0.3 is 0 Å². The summed E-state index contributed by atoms with van der Waals surface area (Å²) in [7, 11) is 0. The fraction of sp³-hybridized carbons (Fsp3) is 0.250. The zero-order valence-corrected chi connectivity index (χ0v) is 13.5. The SMILES string of the molecule is C=CCN=C1NN=C(C(C)N2C(=O)c3ccccc3C2=O)CS1. The molecule has 0 saturated carbocycles. The average Bonchev–Trinajstić information content (AvgIpc) is 2.84. The van der Waals surface area contributed by atoms with Gasteiger partial charge in [-0.15, -0.1) is 6.58 Å². The van der Waals surface area contributed by atoms with Crippen LogP contribution in [0.25, 0.3) is 0 Å². The lowest BCUT2D eigenvalue weighted by Crippen LogP contribution is -2.45. The van der Waals surface area contributed by atoms with Crippen molar-refractivity contribution in [3.63, 3.8) is 0 Å². The van der Waals surface area contributed by atoms with Gasteiger partial charge in [0.15, 0.2) is 5.17 Å². The molecule has 1 atom stereocenters. The first-order valence-corrected chi connectivity index (χ1v) is 8.19. The van der Waals surface area contributed by atoms with Crippen molar-refractivity contribution in [2.24, 2.45) is 10.1 Å². The number of hydrazone groups is 1. The number of hydrogen-bond donors (Lipinski definition) is 1. The summed E-state index contributed by atoms with van der Waals surface area (Å²) in [4.78, 5) is 30.5. The molecular formula is C16H16N4O2S. The molecule has 6 nitrogen and oxygen atoms in total. The van der Waals surface area contributed by atoms with Crippen molar-refractivity contribution >= 4 is 34.5 Å². The highest BCUT2D eigenvalue weighted by Gasteiger charge is 2.40. The van der Waals surface area contributed by atoms with Gasteiger partial charge in [-0.1, -0.05) is 30.0 Å². The van der Waals surface area contributed by atoms with Gasteiger partial charge in [0.2, 0.25) is 0 Å². The molecule has 0 bridgehead atoms. The standard InChI is InChI=1S/C16H16N4O2S/c1-3-8-17-16-19-18-13(9-23-16)10(2)20-14(21)11-6-4-5-7-12(11)15(20)22/h3-7,10H,1,8-9H2,2H3,(H,17,19). The summed E-state index contributed by atoms with van der Waals surface area (Å²) < 4.78 is 0. The maximum Gasteiger partial charge on any atom is 0.262 e. The van der Waals surface area contributed by atoms with E-state index in [1.165, 1.54) is 16.7 Å². The van der Waals surface area contributed by atoms with E-state index in [0.29, 0.717) is 28.6 Å². The van der Waals surface area contributed by atoms with E-state index in [2.05, 4.69) is 22.1 Å². The van der Waals surface area contributed by atoms with Gasteiger partial charge in [0.25, 0.3) is 11.8 Å². The summed E-state index contributed by atoms with van der Waals surface area (Å²) in [6, 6.07) is 6.48. The molecule has 0 aromatic heterocycles. The molecule has 118 valence electrons. The van der Waals surface area contributed by atoms with Crippen LogP contribution in [0.1, 0.15) is 27.6 Å². The van der Waals surface area contributed by atoms with Crippen LogP contribution in [0.4, 0.5) is 0 Å². The van der Waals surface area contributed by atoms with E-state index in [4.69, 9.17) is 0 Å². The summed E-state index contributed by atoms with van der Waals surface area (Å²) in [5, 5.41) is 4.99. The number of thioether (sulfide) groups is 1. The second-order valence-electron chi connectivity index (χ2n) is 5.14. The van der Waals surface area contributed by atoms with Crippen molar-refractivity contribution in [2.45, 2.75) is 13.0 Å². The minimum atomic E-state index is -0.400. The van der Waals surface area contributed by atoms with Gasteiger partial charge in [-0.25, -0.2) is 0 Å². The van der Waals surface area contributed by atoms with Crippen molar-refractivity contribution in [3.8, 4) is 0 Å². The van der Waals surface area contributed by atoms with Crippen LogP contribution in [0.2, 0.25) is 0 Å². The molecule has 1 aromatic rings. The van der Waals surface area contributed by atoms with Crippen molar-refractivity contribution in [2.75, 3.05) is 12.3 Å². The first kappa shape index (κ1) is 15.5. The Kier molecular flexibility index (Phi) is 4.29. The van der Waals surface area contributed by atoms with Gasteiger partial charge in [0.05, 0.1) is 29.4 Å². The van der Waals surface area contributed by atoms with Gasteiger partial charge in [0, 0.05) is 5.75 Å². The molecule has 23 heavy (non-hydrogen) atoms. The van der Waals surface area contributed by atoms with Gasteiger partial charge in [-0.3, -0.25) is 24.9 Å². The number of fused-ring (bicyclic) bond motifs is 1. The molecule has 0 radical (unpaired) electrons. The fourth-order valence-corrected chi connectivity index (χ4v) is 3.34. The summed E-state index contributed by atoms with van der Waals surface area (Å²) >= 11 is 1.50. The van der Waals surface area contributed by atoms with Gasteiger partial charge in [0.1, 0.15) is 0 Å². The predicted octanol–water partition coefficient (Wildman–Crippen LogP) is 1.91. The Balaban J connectivity index is 1.79. The molecule has 2 aliphatic rings. The van der Waals surface area contributed by atoms with Crippen molar-refractivity contribution in [3.05, 3.63) is 48.0 Å². The van der Waals surface area contributed by atoms with E-state index in [1.807, 2.05) is 6.92 Å². The van der Waals surface area contributed by atoms with E-state index < -0.39 is 6.04 Å². The van der Waals surface area contributed by atoms with Crippen LogP contribution in [0.3, 0.4) is 0 Å².